The highest BCUT2D eigenvalue weighted by molar-refractivity contribution is 7.80. The molecule has 2 N–H and O–H groups in total. The zero-order chi connectivity index (χ0) is 26.6. The van der Waals surface area contributed by atoms with Gasteiger partial charge in [-0.05, 0) is 78.9 Å². The molecule has 0 amide bonds. The Morgan fingerprint density at radius 3 is 2.55 bits per heavy atom. The summed E-state index contributed by atoms with van der Waals surface area (Å²) in [5.41, 5.74) is 3.62. The number of ether oxygens (including phenoxy) is 2. The van der Waals surface area contributed by atoms with Crippen molar-refractivity contribution >= 4 is 40.6 Å². The Hall–Kier alpha value is -3.92. The minimum absolute atomic E-state index is 0.224. The van der Waals surface area contributed by atoms with Crippen LogP contribution in [0.15, 0.2) is 85.2 Å². The number of thiocarbonyl (C=S) groups is 1. The molecular formula is C28H25ClN4O4S. The number of nitrogens with one attached hydrogen (secondary N) is 1. The SMILES string of the molecule is COCCOc1ccc(N2C(=S)N[C@@H](c3ccccn3)[C@H]2c2cccn2-c2ccc(C(=O)O)cc2)cc1Cl. The van der Waals surface area contributed by atoms with Gasteiger partial charge in [0, 0.05) is 36.6 Å². The highest BCUT2D eigenvalue weighted by Crippen LogP contribution is 2.43. The Kier molecular flexibility index (Phi) is 7.59. The number of hydrogen-bond acceptors (Lipinski definition) is 5. The number of aromatic nitrogens is 2. The van der Waals surface area contributed by atoms with Crippen LogP contribution in [-0.2, 0) is 4.74 Å². The van der Waals surface area contributed by atoms with Gasteiger partial charge in [-0.1, -0.05) is 17.7 Å². The summed E-state index contributed by atoms with van der Waals surface area (Å²) < 4.78 is 12.8. The second-order valence-corrected chi connectivity index (χ2v) is 9.40. The van der Waals surface area contributed by atoms with Gasteiger partial charge in [0.15, 0.2) is 5.11 Å². The second-order valence-electron chi connectivity index (χ2n) is 8.61. The Morgan fingerprint density at radius 2 is 1.87 bits per heavy atom. The first kappa shape index (κ1) is 25.7. The first-order valence-corrected chi connectivity index (χ1v) is 12.7. The van der Waals surface area contributed by atoms with Gasteiger partial charge in [0.2, 0.25) is 0 Å². The molecule has 4 aromatic rings. The number of anilines is 1. The molecule has 2 aromatic heterocycles. The van der Waals surface area contributed by atoms with E-state index in [-0.39, 0.29) is 17.6 Å². The number of carboxylic acids is 1. The minimum Gasteiger partial charge on any atom is -0.490 e. The van der Waals surface area contributed by atoms with Crippen molar-refractivity contribution in [2.45, 2.75) is 12.1 Å². The summed E-state index contributed by atoms with van der Waals surface area (Å²) >= 11 is 12.4. The lowest BCUT2D eigenvalue weighted by Crippen LogP contribution is -2.30. The zero-order valence-corrected chi connectivity index (χ0v) is 22.0. The molecule has 194 valence electrons. The van der Waals surface area contributed by atoms with Gasteiger partial charge in [0.05, 0.1) is 28.9 Å². The molecule has 0 saturated carbocycles. The van der Waals surface area contributed by atoms with Crippen LogP contribution in [0.4, 0.5) is 5.69 Å². The van der Waals surface area contributed by atoms with Crippen molar-refractivity contribution in [3.05, 3.63) is 107 Å². The van der Waals surface area contributed by atoms with Crippen LogP contribution >= 0.6 is 23.8 Å². The fourth-order valence-electron chi connectivity index (χ4n) is 4.56. The number of carboxylic acid groups (broad SMARTS) is 1. The fourth-order valence-corrected chi connectivity index (χ4v) is 5.14. The summed E-state index contributed by atoms with van der Waals surface area (Å²) in [5.74, 6) is -0.409. The summed E-state index contributed by atoms with van der Waals surface area (Å²) in [6, 6.07) is 21.6. The highest BCUT2D eigenvalue weighted by atomic mass is 35.5. The van der Waals surface area contributed by atoms with Gasteiger partial charge < -0.3 is 29.4 Å². The lowest BCUT2D eigenvalue weighted by molar-refractivity contribution is 0.0697. The van der Waals surface area contributed by atoms with E-state index in [0.29, 0.717) is 29.1 Å². The van der Waals surface area contributed by atoms with Crippen molar-refractivity contribution in [2.75, 3.05) is 25.2 Å². The molecule has 0 aliphatic carbocycles. The van der Waals surface area contributed by atoms with E-state index in [1.54, 1.807) is 37.6 Å². The average Bonchev–Trinajstić information content (AvgIpc) is 3.54. The molecule has 1 fully saturated rings. The topological polar surface area (TPSA) is 88.9 Å². The largest absolute Gasteiger partial charge is 0.490 e. The van der Waals surface area contributed by atoms with Crippen molar-refractivity contribution in [1.82, 2.24) is 14.9 Å². The van der Waals surface area contributed by atoms with E-state index in [1.165, 1.54) is 0 Å². The third-order valence-electron chi connectivity index (χ3n) is 6.31. The maximum absolute atomic E-state index is 11.4. The predicted molar refractivity (Wildman–Crippen MR) is 149 cm³/mol. The Balaban J connectivity index is 1.57. The Morgan fingerprint density at radius 1 is 1.08 bits per heavy atom. The summed E-state index contributed by atoms with van der Waals surface area (Å²) in [6.45, 7) is 0.842. The van der Waals surface area contributed by atoms with E-state index < -0.39 is 5.97 Å². The Labute approximate surface area is 230 Å². The molecule has 0 unspecified atom stereocenters. The van der Waals surface area contributed by atoms with Crippen molar-refractivity contribution in [2.24, 2.45) is 0 Å². The third kappa shape index (κ3) is 5.08. The lowest BCUT2D eigenvalue weighted by Gasteiger charge is -2.29. The van der Waals surface area contributed by atoms with Crippen LogP contribution in [0.1, 0.15) is 33.8 Å². The molecule has 1 aliphatic rings. The van der Waals surface area contributed by atoms with Gasteiger partial charge >= 0.3 is 5.97 Å². The molecule has 8 nitrogen and oxygen atoms in total. The van der Waals surface area contributed by atoms with Crippen LogP contribution in [0.3, 0.4) is 0 Å². The van der Waals surface area contributed by atoms with Gasteiger partial charge in [-0.3, -0.25) is 4.98 Å². The van der Waals surface area contributed by atoms with Gasteiger partial charge in [0.1, 0.15) is 18.4 Å². The first-order valence-electron chi connectivity index (χ1n) is 11.9. The second kappa shape index (κ2) is 11.2. The molecule has 2 aromatic carbocycles. The minimum atomic E-state index is -0.970. The highest BCUT2D eigenvalue weighted by Gasteiger charge is 2.42. The van der Waals surface area contributed by atoms with Crippen LogP contribution in [0.2, 0.25) is 5.02 Å². The summed E-state index contributed by atoms with van der Waals surface area (Å²) in [5, 5.41) is 13.8. The van der Waals surface area contributed by atoms with E-state index in [4.69, 9.17) is 33.3 Å². The third-order valence-corrected chi connectivity index (χ3v) is 6.92. The molecular weight excluding hydrogens is 524 g/mol. The van der Waals surface area contributed by atoms with Crippen LogP contribution in [0, 0.1) is 0 Å². The van der Waals surface area contributed by atoms with Crippen LogP contribution in [0.5, 0.6) is 5.75 Å². The summed E-state index contributed by atoms with van der Waals surface area (Å²) in [4.78, 5) is 18.0. The van der Waals surface area contributed by atoms with Gasteiger partial charge in [-0.15, -0.1) is 0 Å². The van der Waals surface area contributed by atoms with Crippen LogP contribution in [-0.4, -0.2) is 46.1 Å². The molecule has 10 heteroatoms. The molecule has 38 heavy (non-hydrogen) atoms. The normalized spacial score (nSPS) is 16.9. The van der Waals surface area contributed by atoms with Crippen molar-refractivity contribution in [3.8, 4) is 11.4 Å². The monoisotopic (exact) mass is 548 g/mol. The standard InChI is InChI=1S/C28H25ClN4O4S/c1-36-15-16-37-24-12-11-20(17-21(24)29)33-26(25(31-28(33)38)22-5-2-3-13-30-22)23-6-4-14-32(23)19-9-7-18(8-10-19)27(34)35/h2-14,17,25-26H,15-16H2,1H3,(H,31,38)(H,34,35)/t25-,26+/m0/s1. The fraction of sp³-hybridized carbons (Fsp3) is 0.179. The van der Waals surface area contributed by atoms with Crippen molar-refractivity contribution in [3.63, 3.8) is 0 Å². The van der Waals surface area contributed by atoms with E-state index in [0.717, 1.165) is 22.8 Å². The maximum atomic E-state index is 11.4. The van der Waals surface area contributed by atoms with Crippen LogP contribution in [0.25, 0.3) is 5.69 Å². The number of benzene rings is 2. The van der Waals surface area contributed by atoms with Crippen molar-refractivity contribution < 1.29 is 19.4 Å². The molecule has 3 heterocycles. The van der Waals surface area contributed by atoms with E-state index >= 15 is 0 Å². The average molecular weight is 549 g/mol. The number of nitrogens with zero attached hydrogens (tertiary/aromatic N) is 3. The summed E-state index contributed by atoms with van der Waals surface area (Å²) in [7, 11) is 1.61. The number of pyridine rings is 1. The molecule has 0 spiro atoms. The van der Waals surface area contributed by atoms with Crippen molar-refractivity contribution in [1.29, 1.82) is 0 Å². The molecule has 2 atom stereocenters. The van der Waals surface area contributed by atoms with Gasteiger partial charge in [-0.25, -0.2) is 4.79 Å². The molecule has 1 saturated heterocycles. The number of carbonyl (C=O) groups is 1. The van der Waals surface area contributed by atoms with E-state index in [2.05, 4.69) is 10.3 Å². The van der Waals surface area contributed by atoms with E-state index in [1.807, 2.05) is 64.2 Å². The molecule has 0 radical (unpaired) electrons. The van der Waals surface area contributed by atoms with Gasteiger partial charge in [-0.2, -0.15) is 0 Å². The summed E-state index contributed by atoms with van der Waals surface area (Å²) in [6.07, 6.45) is 3.70. The predicted octanol–water partition coefficient (Wildman–Crippen LogP) is 5.43. The quantitative estimate of drug-likeness (QED) is 0.211. The Bertz CT molecular complexity index is 1450. The number of aromatic carboxylic acids is 1. The smallest absolute Gasteiger partial charge is 0.335 e. The number of rotatable bonds is 9. The number of halogens is 1. The number of hydrogen-bond donors (Lipinski definition) is 2. The van der Waals surface area contributed by atoms with Crippen LogP contribution < -0.4 is 15.0 Å². The lowest BCUT2D eigenvalue weighted by atomic mass is 10.0. The molecule has 5 rings (SSSR count). The number of methoxy groups -OCH3 is 1. The van der Waals surface area contributed by atoms with Gasteiger partial charge in [0.25, 0.3) is 0 Å². The maximum Gasteiger partial charge on any atom is 0.335 e. The molecule has 0 bridgehead atoms. The first-order chi connectivity index (χ1) is 18.5. The molecule has 1 aliphatic heterocycles. The zero-order valence-electron chi connectivity index (χ0n) is 20.5. The van der Waals surface area contributed by atoms with E-state index in [9.17, 15) is 9.90 Å².